The molecule has 8 rings (SSSR count). The molecule has 3 saturated carbocycles. The fraction of sp³-hybridized carbons (Fsp3) is 0.516. The predicted molar refractivity (Wildman–Crippen MR) is 145 cm³/mol. The molecule has 0 amide bonds. The van der Waals surface area contributed by atoms with E-state index in [0.717, 1.165) is 10.9 Å². The second kappa shape index (κ2) is 10.5. The number of carboxylic acid groups (broad SMARTS) is 1. The van der Waals surface area contributed by atoms with Gasteiger partial charge in [-0.2, -0.15) is 22.7 Å². The standard InChI is InChI=1S/C31H29F6N3O6/c1-16(17-5-6-20-22(13-17)46-31(36,37)45-20)43-23-14-18(15-38-26(23)32)40-24-19(25(39-40)30(33,34)35)3-2-4-21(24)44-29-10-7-28(8-11-29,9-12-29)27(41)42/h5-6,13-16,21H,2-4,7-12H2,1H3,(H,41,42)/t16?,21-,28?,29?/m1/s1. The molecule has 1 N–H and O–H groups in total. The molecule has 1 aromatic carbocycles. The van der Waals surface area contributed by atoms with Crippen LogP contribution in [0, 0.1) is 11.4 Å². The summed E-state index contributed by atoms with van der Waals surface area (Å²) in [5, 5.41) is 13.7. The van der Waals surface area contributed by atoms with Crippen molar-refractivity contribution in [3.63, 3.8) is 0 Å². The van der Waals surface area contributed by atoms with E-state index in [1.54, 1.807) is 0 Å². The highest BCUT2D eigenvalue weighted by Crippen LogP contribution is 2.56. The average molecular weight is 654 g/mol. The van der Waals surface area contributed by atoms with Gasteiger partial charge in [-0.15, -0.1) is 8.78 Å². The summed E-state index contributed by atoms with van der Waals surface area (Å²) in [5.41, 5.74) is -1.99. The second-order valence-corrected chi connectivity index (χ2v) is 12.5. The van der Waals surface area contributed by atoms with Crippen molar-refractivity contribution in [1.29, 1.82) is 0 Å². The highest BCUT2D eigenvalue weighted by molar-refractivity contribution is 5.75. The summed E-state index contributed by atoms with van der Waals surface area (Å²) in [6.07, 6.45) is -5.55. The van der Waals surface area contributed by atoms with Gasteiger partial charge in [0.1, 0.15) is 12.2 Å². The van der Waals surface area contributed by atoms with Gasteiger partial charge in [0.15, 0.2) is 22.9 Å². The van der Waals surface area contributed by atoms with Gasteiger partial charge in [0.05, 0.1) is 28.6 Å². The van der Waals surface area contributed by atoms with Crippen molar-refractivity contribution in [1.82, 2.24) is 14.8 Å². The fourth-order valence-electron chi connectivity index (χ4n) is 7.22. The molecule has 46 heavy (non-hydrogen) atoms. The van der Waals surface area contributed by atoms with E-state index in [9.17, 15) is 36.2 Å². The van der Waals surface area contributed by atoms with Crippen molar-refractivity contribution in [2.45, 2.75) is 95.0 Å². The summed E-state index contributed by atoms with van der Waals surface area (Å²) >= 11 is 0. The Morgan fingerprint density at radius 2 is 1.78 bits per heavy atom. The van der Waals surface area contributed by atoms with Crippen LogP contribution in [0.25, 0.3) is 5.69 Å². The van der Waals surface area contributed by atoms with Crippen molar-refractivity contribution in [3.8, 4) is 22.9 Å². The molecular weight excluding hydrogens is 624 g/mol. The Hall–Kier alpha value is -4.01. The van der Waals surface area contributed by atoms with Gasteiger partial charge in [-0.1, -0.05) is 6.07 Å². The molecule has 1 unspecified atom stereocenters. The van der Waals surface area contributed by atoms with E-state index in [2.05, 4.69) is 19.6 Å². The zero-order chi connectivity index (χ0) is 32.6. The second-order valence-electron chi connectivity index (χ2n) is 12.5. The normalized spacial score (nSPS) is 26.9. The number of carboxylic acids is 1. The smallest absolute Gasteiger partial charge is 0.481 e. The third-order valence-corrected chi connectivity index (χ3v) is 9.75. The molecule has 9 nitrogen and oxygen atoms in total. The number of benzene rings is 1. The van der Waals surface area contributed by atoms with Gasteiger partial charge in [0.25, 0.3) is 5.95 Å². The summed E-state index contributed by atoms with van der Waals surface area (Å²) in [5.74, 6) is -2.69. The Bertz CT molecular complexity index is 1680. The first kappa shape index (κ1) is 30.6. The number of alkyl halides is 5. The first-order valence-corrected chi connectivity index (χ1v) is 15.0. The zero-order valence-corrected chi connectivity index (χ0v) is 24.5. The van der Waals surface area contributed by atoms with E-state index in [1.807, 2.05) is 0 Å². The van der Waals surface area contributed by atoms with Gasteiger partial charge in [-0.3, -0.25) is 4.79 Å². The lowest BCUT2D eigenvalue weighted by Crippen LogP contribution is -2.51. The number of rotatable bonds is 7. The Labute approximate surface area is 258 Å². The van der Waals surface area contributed by atoms with Gasteiger partial charge in [0, 0.05) is 11.6 Å². The lowest BCUT2D eigenvalue weighted by Gasteiger charge is -2.52. The van der Waals surface area contributed by atoms with Crippen LogP contribution in [0.2, 0.25) is 0 Å². The molecule has 0 saturated heterocycles. The number of hydrogen-bond donors (Lipinski definition) is 1. The van der Waals surface area contributed by atoms with Crippen LogP contribution in [0.3, 0.4) is 0 Å². The number of pyridine rings is 1. The van der Waals surface area contributed by atoms with Gasteiger partial charge < -0.3 is 24.1 Å². The molecule has 15 heteroatoms. The molecule has 4 aliphatic carbocycles. The molecular formula is C31H29F6N3O6. The number of aromatic nitrogens is 3. The van der Waals surface area contributed by atoms with Crippen LogP contribution in [0.5, 0.6) is 17.2 Å². The van der Waals surface area contributed by atoms with Crippen LogP contribution in [0.4, 0.5) is 26.3 Å². The van der Waals surface area contributed by atoms with Gasteiger partial charge in [0.2, 0.25) is 0 Å². The monoisotopic (exact) mass is 653 g/mol. The van der Waals surface area contributed by atoms with Crippen molar-refractivity contribution in [2.24, 2.45) is 5.41 Å². The van der Waals surface area contributed by atoms with Crippen LogP contribution in [-0.4, -0.2) is 37.7 Å². The van der Waals surface area contributed by atoms with Crippen LogP contribution in [0.1, 0.15) is 93.0 Å². The quantitative estimate of drug-likeness (QED) is 0.207. The minimum Gasteiger partial charge on any atom is -0.481 e. The number of carbonyl (C=O) groups is 1. The number of ether oxygens (including phenoxy) is 4. The number of hydrogen-bond acceptors (Lipinski definition) is 7. The molecule has 1 aliphatic heterocycles. The van der Waals surface area contributed by atoms with Gasteiger partial charge >= 0.3 is 18.4 Å². The van der Waals surface area contributed by atoms with Gasteiger partial charge in [-0.05, 0) is 82.4 Å². The largest absolute Gasteiger partial charge is 0.586 e. The summed E-state index contributed by atoms with van der Waals surface area (Å²) in [6, 6.07) is 5.13. The Balaban J connectivity index is 1.20. The molecule has 3 fully saturated rings. The third-order valence-electron chi connectivity index (χ3n) is 9.75. The molecule has 0 spiro atoms. The van der Waals surface area contributed by atoms with Crippen LogP contribution in [0.15, 0.2) is 30.5 Å². The molecule has 2 bridgehead atoms. The maximum absolute atomic E-state index is 14.9. The molecule has 0 radical (unpaired) electrons. The first-order chi connectivity index (χ1) is 21.7. The van der Waals surface area contributed by atoms with E-state index in [-0.39, 0.29) is 34.9 Å². The summed E-state index contributed by atoms with van der Waals surface area (Å²) in [6.45, 7) is 1.52. The van der Waals surface area contributed by atoms with E-state index < -0.39 is 59.1 Å². The van der Waals surface area contributed by atoms with Crippen molar-refractivity contribution >= 4 is 5.97 Å². The van der Waals surface area contributed by atoms with Crippen molar-refractivity contribution in [3.05, 3.63) is 58.9 Å². The lowest BCUT2D eigenvalue weighted by atomic mass is 9.58. The zero-order valence-electron chi connectivity index (χ0n) is 24.5. The minimum atomic E-state index is -4.77. The van der Waals surface area contributed by atoms with Crippen LogP contribution >= 0.6 is 0 Å². The average Bonchev–Trinajstić information content (AvgIpc) is 3.56. The highest BCUT2D eigenvalue weighted by atomic mass is 19.4. The van der Waals surface area contributed by atoms with Crippen LogP contribution in [-0.2, 0) is 22.1 Å². The van der Waals surface area contributed by atoms with Crippen molar-refractivity contribution < 1.29 is 55.2 Å². The highest BCUT2D eigenvalue weighted by Gasteiger charge is 2.55. The first-order valence-electron chi connectivity index (χ1n) is 15.0. The van der Waals surface area contributed by atoms with Crippen molar-refractivity contribution in [2.75, 3.05) is 0 Å². The number of nitrogens with zero attached hydrogens (tertiary/aromatic N) is 3. The van der Waals surface area contributed by atoms with Crippen LogP contribution < -0.4 is 14.2 Å². The fourth-order valence-corrected chi connectivity index (χ4v) is 7.22. The SMILES string of the molecule is CC(Oc1cc(-n2nc(C(F)(F)F)c3c2[C@H](OC24CCC(C(=O)O)(CC2)CC4)CCC3)cnc1F)c1ccc2c(c1)OC(F)(F)O2. The maximum atomic E-state index is 14.9. The Kier molecular flexibility index (Phi) is 7.00. The van der Waals surface area contributed by atoms with Gasteiger partial charge in [-0.25, -0.2) is 9.67 Å². The molecule has 2 atom stereocenters. The summed E-state index contributed by atoms with van der Waals surface area (Å²) in [7, 11) is 0. The number of aliphatic carboxylic acids is 1. The lowest BCUT2D eigenvalue weighted by molar-refractivity contribution is -0.286. The van der Waals surface area contributed by atoms with E-state index in [1.165, 1.54) is 31.2 Å². The predicted octanol–water partition coefficient (Wildman–Crippen LogP) is 7.46. The topological polar surface area (TPSA) is 105 Å². The summed E-state index contributed by atoms with van der Waals surface area (Å²) in [4.78, 5) is 15.6. The molecule has 3 heterocycles. The molecule has 2 aromatic heterocycles. The third kappa shape index (κ3) is 5.21. The molecule has 3 aromatic rings. The Morgan fingerprint density at radius 3 is 2.46 bits per heavy atom. The number of fused-ring (bicyclic) bond motifs is 5. The molecule has 246 valence electrons. The Morgan fingerprint density at radius 1 is 1.09 bits per heavy atom. The van der Waals surface area contributed by atoms with E-state index in [4.69, 9.17) is 9.47 Å². The maximum Gasteiger partial charge on any atom is 0.586 e. The summed E-state index contributed by atoms with van der Waals surface area (Å²) < 4.78 is 107. The van der Waals surface area contributed by atoms with E-state index in [0.29, 0.717) is 56.9 Å². The van der Waals surface area contributed by atoms with E-state index >= 15 is 0 Å². The number of halogens is 6. The molecule has 5 aliphatic rings. The minimum absolute atomic E-state index is 0.00543.